The number of nitrogens with one attached hydrogen (secondary N) is 1. The molecule has 3 aromatic carbocycles. The van der Waals surface area contributed by atoms with Gasteiger partial charge in [0.25, 0.3) is 11.5 Å². The maximum atomic E-state index is 13.4. The lowest BCUT2D eigenvalue weighted by Crippen LogP contribution is -2.32. The van der Waals surface area contributed by atoms with Gasteiger partial charge >= 0.3 is 0 Å². The van der Waals surface area contributed by atoms with E-state index < -0.39 is 0 Å². The first-order chi connectivity index (χ1) is 15.4. The number of pyridine rings is 1. The van der Waals surface area contributed by atoms with Gasteiger partial charge in [0.1, 0.15) is 11.4 Å². The molecule has 0 bridgehead atoms. The van der Waals surface area contributed by atoms with Crippen molar-refractivity contribution < 1.29 is 9.53 Å². The van der Waals surface area contributed by atoms with Crippen LogP contribution in [0.2, 0.25) is 0 Å². The minimum atomic E-state index is -0.300. The Labute approximate surface area is 187 Å². The zero-order valence-corrected chi connectivity index (χ0v) is 18.7. The number of aryl methyl sites for hydroxylation is 2. The van der Waals surface area contributed by atoms with Crippen LogP contribution in [0.5, 0.6) is 5.75 Å². The highest BCUT2D eigenvalue weighted by molar-refractivity contribution is 6.08. The molecule has 0 fully saturated rings. The van der Waals surface area contributed by atoms with Gasteiger partial charge in [0.2, 0.25) is 0 Å². The van der Waals surface area contributed by atoms with Gasteiger partial charge in [-0.2, -0.15) is 0 Å². The predicted molar refractivity (Wildman–Crippen MR) is 128 cm³/mol. The Balaban J connectivity index is 1.87. The molecule has 0 aliphatic carbocycles. The lowest BCUT2D eigenvalue weighted by atomic mass is 9.93. The van der Waals surface area contributed by atoms with Gasteiger partial charge in [-0.25, -0.2) is 0 Å². The molecular weight excluding hydrogens is 400 g/mol. The largest absolute Gasteiger partial charge is 0.497 e. The number of benzene rings is 3. The Morgan fingerprint density at radius 3 is 2.31 bits per heavy atom. The van der Waals surface area contributed by atoms with Gasteiger partial charge in [-0.15, -0.1) is 0 Å². The Bertz CT molecular complexity index is 1370. The normalized spacial score (nSPS) is 10.9. The molecule has 32 heavy (non-hydrogen) atoms. The van der Waals surface area contributed by atoms with Crippen molar-refractivity contribution >= 4 is 16.7 Å². The smallest absolute Gasteiger partial charge is 0.268 e. The quantitative estimate of drug-likeness (QED) is 0.501. The molecule has 0 unspecified atom stereocenters. The summed E-state index contributed by atoms with van der Waals surface area (Å²) >= 11 is 0. The standard InChI is InChI=1S/C27H26N2O3/c1-17-13-22-23(14-18(17)2)27(31)29(3)25(24(22)20-10-6-5-7-11-20)26(30)28-16-19-9-8-12-21(15-19)32-4/h5-15H,16H2,1-4H3,(H,28,30). The van der Waals surface area contributed by atoms with Crippen LogP contribution in [-0.2, 0) is 13.6 Å². The van der Waals surface area contributed by atoms with E-state index in [-0.39, 0.29) is 11.5 Å². The Morgan fingerprint density at radius 2 is 1.62 bits per heavy atom. The number of carbonyl (C=O) groups excluding carboxylic acids is 1. The fourth-order valence-electron chi connectivity index (χ4n) is 3.99. The molecule has 0 saturated carbocycles. The van der Waals surface area contributed by atoms with Gasteiger partial charge in [0, 0.05) is 24.5 Å². The minimum Gasteiger partial charge on any atom is -0.497 e. The molecule has 4 aromatic rings. The fraction of sp³-hybridized carbons (Fsp3) is 0.185. The van der Waals surface area contributed by atoms with E-state index in [1.54, 1.807) is 14.2 Å². The molecule has 162 valence electrons. The summed E-state index contributed by atoms with van der Waals surface area (Å²) in [7, 11) is 3.27. The van der Waals surface area contributed by atoms with Crippen LogP contribution in [0.15, 0.2) is 71.5 Å². The van der Waals surface area contributed by atoms with Gasteiger partial charge < -0.3 is 14.6 Å². The highest BCUT2D eigenvalue weighted by Crippen LogP contribution is 2.32. The van der Waals surface area contributed by atoms with Crippen LogP contribution in [-0.4, -0.2) is 17.6 Å². The zero-order chi connectivity index (χ0) is 22.8. The average molecular weight is 427 g/mol. The number of aromatic nitrogens is 1. The number of methoxy groups -OCH3 is 1. The Hall–Kier alpha value is -3.86. The monoisotopic (exact) mass is 426 g/mol. The van der Waals surface area contributed by atoms with E-state index in [1.807, 2.05) is 80.6 Å². The number of hydrogen-bond acceptors (Lipinski definition) is 3. The number of nitrogens with zero attached hydrogens (tertiary/aromatic N) is 1. The molecule has 0 radical (unpaired) electrons. The fourth-order valence-corrected chi connectivity index (χ4v) is 3.99. The molecular formula is C27H26N2O3. The van der Waals surface area contributed by atoms with E-state index in [2.05, 4.69) is 5.32 Å². The molecule has 0 saturated heterocycles. The maximum Gasteiger partial charge on any atom is 0.268 e. The average Bonchev–Trinajstić information content (AvgIpc) is 2.81. The summed E-state index contributed by atoms with van der Waals surface area (Å²) in [5, 5.41) is 4.38. The summed E-state index contributed by atoms with van der Waals surface area (Å²) in [6.45, 7) is 4.33. The van der Waals surface area contributed by atoms with Crippen LogP contribution in [0.4, 0.5) is 0 Å². The minimum absolute atomic E-state index is 0.186. The third-order valence-electron chi connectivity index (χ3n) is 5.88. The molecule has 4 rings (SSSR count). The van der Waals surface area contributed by atoms with Crippen LogP contribution < -0.4 is 15.6 Å². The van der Waals surface area contributed by atoms with E-state index in [1.165, 1.54) is 4.57 Å². The molecule has 1 aromatic heterocycles. The van der Waals surface area contributed by atoms with Crippen molar-refractivity contribution in [2.75, 3.05) is 7.11 Å². The summed E-state index contributed by atoms with van der Waals surface area (Å²) in [5.74, 6) is 0.428. The lowest BCUT2D eigenvalue weighted by Gasteiger charge is -2.18. The van der Waals surface area contributed by atoms with E-state index in [4.69, 9.17) is 4.74 Å². The number of fused-ring (bicyclic) bond motifs is 1. The van der Waals surface area contributed by atoms with Crippen molar-refractivity contribution in [2.45, 2.75) is 20.4 Å². The van der Waals surface area contributed by atoms with Gasteiger partial charge in [-0.05, 0) is 59.7 Å². The second-order valence-corrected chi connectivity index (χ2v) is 7.97. The third-order valence-corrected chi connectivity index (χ3v) is 5.88. The Kier molecular flexibility index (Phi) is 5.82. The number of carbonyl (C=O) groups is 1. The van der Waals surface area contributed by atoms with E-state index in [9.17, 15) is 9.59 Å². The first kappa shape index (κ1) is 21.4. The lowest BCUT2D eigenvalue weighted by molar-refractivity contribution is 0.0942. The van der Waals surface area contributed by atoms with Crippen molar-refractivity contribution in [3.63, 3.8) is 0 Å². The van der Waals surface area contributed by atoms with Crippen LogP contribution in [0.25, 0.3) is 21.9 Å². The van der Waals surface area contributed by atoms with Gasteiger partial charge in [-0.1, -0.05) is 48.5 Å². The molecule has 0 spiro atoms. The van der Waals surface area contributed by atoms with Crippen LogP contribution in [0.3, 0.4) is 0 Å². The number of ether oxygens (including phenoxy) is 1. The molecule has 0 atom stereocenters. The van der Waals surface area contributed by atoms with Gasteiger partial charge in [0.05, 0.1) is 7.11 Å². The molecule has 1 amide bonds. The highest BCUT2D eigenvalue weighted by Gasteiger charge is 2.22. The SMILES string of the molecule is COc1cccc(CNC(=O)c2c(-c3ccccc3)c3cc(C)c(C)cc3c(=O)n2C)c1. The first-order valence-corrected chi connectivity index (χ1v) is 10.5. The molecule has 0 aliphatic heterocycles. The molecule has 1 N–H and O–H groups in total. The highest BCUT2D eigenvalue weighted by atomic mass is 16.5. The third kappa shape index (κ3) is 3.89. The molecule has 0 aliphatic rings. The predicted octanol–water partition coefficient (Wildman–Crippen LogP) is 4.76. The molecule has 5 heteroatoms. The summed E-state index contributed by atoms with van der Waals surface area (Å²) in [6.07, 6.45) is 0. The van der Waals surface area contributed by atoms with Crippen LogP contribution >= 0.6 is 0 Å². The summed E-state index contributed by atoms with van der Waals surface area (Å²) in [5.41, 5.74) is 4.84. The van der Waals surface area contributed by atoms with Crippen molar-refractivity contribution in [2.24, 2.45) is 7.05 Å². The maximum absolute atomic E-state index is 13.4. The summed E-state index contributed by atoms with van der Waals surface area (Å²) in [4.78, 5) is 26.7. The molecule has 5 nitrogen and oxygen atoms in total. The Morgan fingerprint density at radius 1 is 0.938 bits per heavy atom. The number of amides is 1. The number of rotatable bonds is 5. The van der Waals surface area contributed by atoms with E-state index in [0.29, 0.717) is 17.6 Å². The van der Waals surface area contributed by atoms with E-state index in [0.717, 1.165) is 39.0 Å². The van der Waals surface area contributed by atoms with Crippen LogP contribution in [0.1, 0.15) is 27.2 Å². The topological polar surface area (TPSA) is 60.3 Å². The van der Waals surface area contributed by atoms with Crippen molar-refractivity contribution in [1.82, 2.24) is 9.88 Å². The summed E-state index contributed by atoms with van der Waals surface area (Å²) in [6, 6.07) is 21.2. The van der Waals surface area contributed by atoms with E-state index >= 15 is 0 Å². The molecule has 1 heterocycles. The van der Waals surface area contributed by atoms with Crippen molar-refractivity contribution in [3.05, 3.63) is 99.5 Å². The van der Waals surface area contributed by atoms with Gasteiger partial charge in [-0.3, -0.25) is 9.59 Å². The second kappa shape index (κ2) is 8.71. The first-order valence-electron chi connectivity index (χ1n) is 10.5. The van der Waals surface area contributed by atoms with Gasteiger partial charge in [0.15, 0.2) is 0 Å². The van der Waals surface area contributed by atoms with Crippen molar-refractivity contribution in [3.8, 4) is 16.9 Å². The zero-order valence-electron chi connectivity index (χ0n) is 18.7. The van der Waals surface area contributed by atoms with Crippen molar-refractivity contribution in [1.29, 1.82) is 0 Å². The van der Waals surface area contributed by atoms with Crippen LogP contribution in [0, 0.1) is 13.8 Å². The number of hydrogen-bond donors (Lipinski definition) is 1. The summed E-state index contributed by atoms with van der Waals surface area (Å²) < 4.78 is 6.73. The second-order valence-electron chi connectivity index (χ2n) is 7.97.